The van der Waals surface area contributed by atoms with Gasteiger partial charge in [-0.1, -0.05) is 17.7 Å². The van der Waals surface area contributed by atoms with E-state index in [1.165, 1.54) is 0 Å². The number of aromatic nitrogens is 1. The molecule has 1 saturated heterocycles. The van der Waals surface area contributed by atoms with E-state index < -0.39 is 11.7 Å². The molecule has 3 rings (SSSR count). The first-order chi connectivity index (χ1) is 15.6. The maximum absolute atomic E-state index is 12.8. The fourth-order valence-corrected chi connectivity index (χ4v) is 3.92. The third kappa shape index (κ3) is 6.00. The first-order valence-electron chi connectivity index (χ1n) is 10.3. The molecule has 2 heterocycles. The fourth-order valence-electron chi connectivity index (χ4n) is 3.63. The zero-order valence-electron chi connectivity index (χ0n) is 18.6. The quantitative estimate of drug-likeness (QED) is 0.645. The van der Waals surface area contributed by atoms with Crippen LogP contribution in [0.4, 0.5) is 19.0 Å². The van der Waals surface area contributed by atoms with E-state index in [0.717, 1.165) is 17.8 Å². The molecule has 0 unspecified atom stereocenters. The molecule has 2 aromatic rings. The van der Waals surface area contributed by atoms with Crippen LogP contribution in [-0.2, 0) is 17.5 Å². The van der Waals surface area contributed by atoms with Crippen molar-refractivity contribution in [3.63, 3.8) is 0 Å². The molecule has 180 valence electrons. The van der Waals surface area contributed by atoms with Gasteiger partial charge < -0.3 is 19.7 Å². The lowest BCUT2D eigenvalue weighted by atomic mass is 10.1. The minimum absolute atomic E-state index is 0.0426. The number of amides is 1. The van der Waals surface area contributed by atoms with E-state index >= 15 is 0 Å². The number of benzene rings is 1. The van der Waals surface area contributed by atoms with Crippen molar-refractivity contribution in [3.8, 4) is 11.5 Å². The lowest BCUT2D eigenvalue weighted by Gasteiger charge is -2.38. The molecule has 33 heavy (non-hydrogen) atoms. The molecule has 1 aromatic carbocycles. The predicted octanol–water partition coefficient (Wildman–Crippen LogP) is 3.60. The monoisotopic (exact) mass is 486 g/mol. The normalized spacial score (nSPS) is 15.8. The smallest absolute Gasteiger partial charge is 0.417 e. The Balaban J connectivity index is 1.54. The van der Waals surface area contributed by atoms with E-state index in [0.29, 0.717) is 50.0 Å². The highest BCUT2D eigenvalue weighted by Crippen LogP contribution is 2.34. The Morgan fingerprint density at radius 1 is 1.15 bits per heavy atom. The number of pyridine rings is 1. The lowest BCUT2D eigenvalue weighted by Crippen LogP contribution is -2.54. The Morgan fingerprint density at radius 2 is 1.82 bits per heavy atom. The van der Waals surface area contributed by atoms with E-state index in [-0.39, 0.29) is 17.0 Å². The number of hydrogen-bond acceptors (Lipinski definition) is 6. The van der Waals surface area contributed by atoms with Crippen LogP contribution in [0.1, 0.15) is 18.1 Å². The highest BCUT2D eigenvalue weighted by Gasteiger charge is 2.33. The number of anilines is 1. The maximum Gasteiger partial charge on any atom is 0.417 e. The number of piperazine rings is 1. The predicted molar refractivity (Wildman–Crippen MR) is 119 cm³/mol. The number of rotatable bonds is 7. The molecule has 1 aliphatic heterocycles. The van der Waals surface area contributed by atoms with Gasteiger partial charge in [-0.3, -0.25) is 9.69 Å². The average molecular weight is 487 g/mol. The molecule has 0 radical (unpaired) electrons. The first kappa shape index (κ1) is 24.9. The van der Waals surface area contributed by atoms with Crippen molar-refractivity contribution in [2.24, 2.45) is 0 Å². The molecule has 1 fully saturated rings. The Labute approximate surface area is 195 Å². The Kier molecular flexibility index (Phi) is 7.91. The zero-order valence-corrected chi connectivity index (χ0v) is 19.3. The van der Waals surface area contributed by atoms with E-state index in [4.69, 9.17) is 21.1 Å². The summed E-state index contributed by atoms with van der Waals surface area (Å²) < 4.78 is 49.0. The second-order valence-corrected chi connectivity index (χ2v) is 8.04. The Morgan fingerprint density at radius 3 is 2.39 bits per heavy atom. The number of methoxy groups -OCH3 is 2. The summed E-state index contributed by atoms with van der Waals surface area (Å²) in [6.07, 6.45) is -3.70. The van der Waals surface area contributed by atoms with Gasteiger partial charge in [-0.05, 0) is 30.7 Å². The average Bonchev–Trinajstić information content (AvgIpc) is 2.81. The van der Waals surface area contributed by atoms with Crippen molar-refractivity contribution in [2.45, 2.75) is 25.7 Å². The molecule has 1 aliphatic rings. The van der Waals surface area contributed by atoms with Crippen LogP contribution in [0.2, 0.25) is 5.02 Å². The molecule has 0 bridgehead atoms. The van der Waals surface area contributed by atoms with Crippen molar-refractivity contribution in [3.05, 3.63) is 46.6 Å². The molecule has 0 aliphatic carbocycles. The lowest BCUT2D eigenvalue weighted by molar-refractivity contribution is -0.137. The van der Waals surface area contributed by atoms with Crippen LogP contribution in [0, 0.1) is 0 Å². The van der Waals surface area contributed by atoms with E-state index in [2.05, 4.69) is 10.3 Å². The van der Waals surface area contributed by atoms with Crippen LogP contribution < -0.4 is 19.7 Å². The third-order valence-corrected chi connectivity index (χ3v) is 5.88. The summed E-state index contributed by atoms with van der Waals surface area (Å²) in [6.45, 7) is 4.24. The van der Waals surface area contributed by atoms with Gasteiger partial charge in [-0.25, -0.2) is 4.98 Å². The van der Waals surface area contributed by atoms with Gasteiger partial charge in [0.25, 0.3) is 0 Å². The highest BCUT2D eigenvalue weighted by molar-refractivity contribution is 6.33. The second-order valence-electron chi connectivity index (χ2n) is 7.63. The van der Waals surface area contributed by atoms with Gasteiger partial charge >= 0.3 is 6.18 Å². The van der Waals surface area contributed by atoms with Gasteiger partial charge in [-0.2, -0.15) is 13.2 Å². The standard InChI is InChI=1S/C22H26ClF3N4O3/c1-14(21(31)28-12-15-4-5-18(32-2)19(10-15)33-3)29-6-8-30(9-7-29)20-17(23)11-16(13-27-20)22(24,25)26/h4-5,10-11,13-14H,6-9,12H2,1-3H3,(H,28,31)/t14-/m1/s1. The summed E-state index contributed by atoms with van der Waals surface area (Å²) >= 11 is 6.06. The molecule has 1 atom stereocenters. The van der Waals surface area contributed by atoms with Crippen LogP contribution in [0.15, 0.2) is 30.5 Å². The third-order valence-electron chi connectivity index (χ3n) is 5.60. The van der Waals surface area contributed by atoms with Crippen molar-refractivity contribution < 1.29 is 27.4 Å². The van der Waals surface area contributed by atoms with Gasteiger partial charge in [-0.15, -0.1) is 0 Å². The largest absolute Gasteiger partial charge is 0.493 e. The fraction of sp³-hybridized carbons (Fsp3) is 0.455. The SMILES string of the molecule is COc1ccc(CNC(=O)[C@@H](C)N2CCN(c3ncc(C(F)(F)F)cc3Cl)CC2)cc1OC. The molecule has 1 amide bonds. The summed E-state index contributed by atoms with van der Waals surface area (Å²) in [5, 5.41) is 2.88. The van der Waals surface area contributed by atoms with Gasteiger partial charge in [0.15, 0.2) is 11.5 Å². The van der Waals surface area contributed by atoms with Crippen molar-refractivity contribution in [1.82, 2.24) is 15.2 Å². The number of halogens is 4. The zero-order chi connectivity index (χ0) is 24.2. The summed E-state index contributed by atoms with van der Waals surface area (Å²) in [5.74, 6) is 1.39. The summed E-state index contributed by atoms with van der Waals surface area (Å²) in [5.41, 5.74) is -0.00398. The molecule has 0 spiro atoms. The Bertz CT molecular complexity index is 982. The number of alkyl halides is 3. The van der Waals surface area contributed by atoms with E-state index in [9.17, 15) is 18.0 Å². The summed E-state index contributed by atoms with van der Waals surface area (Å²) in [6, 6.07) is 5.96. The number of carbonyl (C=O) groups is 1. The van der Waals surface area contributed by atoms with Crippen molar-refractivity contribution in [2.75, 3.05) is 45.3 Å². The van der Waals surface area contributed by atoms with Crippen LogP contribution in [0.5, 0.6) is 11.5 Å². The first-order valence-corrected chi connectivity index (χ1v) is 10.7. The number of nitrogens with one attached hydrogen (secondary N) is 1. The van der Waals surface area contributed by atoms with Gasteiger partial charge in [0.2, 0.25) is 5.91 Å². The molecule has 7 nitrogen and oxygen atoms in total. The molecular weight excluding hydrogens is 461 g/mol. The minimum Gasteiger partial charge on any atom is -0.493 e. The van der Waals surface area contributed by atoms with E-state index in [1.54, 1.807) is 20.3 Å². The van der Waals surface area contributed by atoms with Crippen LogP contribution in [0.3, 0.4) is 0 Å². The van der Waals surface area contributed by atoms with Crippen molar-refractivity contribution >= 4 is 23.3 Å². The molecule has 11 heteroatoms. The number of ether oxygens (including phenoxy) is 2. The van der Waals surface area contributed by atoms with Gasteiger partial charge in [0, 0.05) is 38.9 Å². The van der Waals surface area contributed by atoms with E-state index in [1.807, 2.05) is 28.9 Å². The van der Waals surface area contributed by atoms with Gasteiger partial charge in [0.1, 0.15) is 5.82 Å². The summed E-state index contributed by atoms with van der Waals surface area (Å²) in [7, 11) is 3.11. The highest BCUT2D eigenvalue weighted by atomic mass is 35.5. The number of hydrogen-bond donors (Lipinski definition) is 1. The number of nitrogens with zero attached hydrogens (tertiary/aromatic N) is 3. The molecule has 0 saturated carbocycles. The minimum atomic E-state index is -4.49. The second kappa shape index (κ2) is 10.5. The topological polar surface area (TPSA) is 66.9 Å². The molecular formula is C22H26ClF3N4O3. The van der Waals surface area contributed by atoms with Gasteiger partial charge in [0.05, 0.1) is 30.8 Å². The summed E-state index contributed by atoms with van der Waals surface area (Å²) in [4.78, 5) is 20.4. The number of carbonyl (C=O) groups excluding carboxylic acids is 1. The molecule has 1 aromatic heterocycles. The Hall–Kier alpha value is -2.72. The van der Waals surface area contributed by atoms with Crippen LogP contribution in [-0.4, -0.2) is 62.2 Å². The van der Waals surface area contributed by atoms with Crippen molar-refractivity contribution in [1.29, 1.82) is 0 Å². The maximum atomic E-state index is 12.8. The van der Waals surface area contributed by atoms with Crippen LogP contribution in [0.25, 0.3) is 0 Å². The molecule has 1 N–H and O–H groups in total. The van der Waals surface area contributed by atoms with Crippen LogP contribution >= 0.6 is 11.6 Å².